The van der Waals surface area contributed by atoms with Crippen molar-refractivity contribution in [3.05, 3.63) is 11.8 Å². The van der Waals surface area contributed by atoms with Gasteiger partial charge in [0.05, 0.1) is 25.4 Å². The summed E-state index contributed by atoms with van der Waals surface area (Å²) in [7, 11) is 0. The van der Waals surface area contributed by atoms with Crippen molar-refractivity contribution in [2.24, 2.45) is 5.73 Å². The first kappa shape index (κ1) is 24.2. The molecule has 8 N–H and O–H groups in total. The zero-order valence-electron chi connectivity index (χ0n) is 14.5. The van der Waals surface area contributed by atoms with E-state index in [1.54, 1.807) is 0 Å². The van der Waals surface area contributed by atoms with Crippen molar-refractivity contribution in [3.63, 3.8) is 0 Å². The van der Waals surface area contributed by atoms with Crippen LogP contribution in [0.1, 0.15) is 37.6 Å². The number of aromatic nitrogens is 2. The van der Waals surface area contributed by atoms with Crippen molar-refractivity contribution in [2.75, 3.05) is 0 Å². The van der Waals surface area contributed by atoms with Crippen molar-refractivity contribution in [3.8, 4) is 0 Å². The Hall–Kier alpha value is -3.75. The fourth-order valence-corrected chi connectivity index (χ4v) is 1.50. The summed E-state index contributed by atoms with van der Waals surface area (Å²) in [5.41, 5.74) is 5.51. The molecule has 0 saturated heterocycles. The molecule has 2 atom stereocenters. The van der Waals surface area contributed by atoms with Crippen molar-refractivity contribution in [1.29, 1.82) is 0 Å². The van der Waals surface area contributed by atoms with Gasteiger partial charge in [0.15, 0.2) is 0 Å². The van der Waals surface area contributed by atoms with Crippen molar-refractivity contribution < 1.29 is 48.8 Å². The van der Waals surface area contributed by atoms with E-state index in [0.29, 0.717) is 0 Å². The highest BCUT2D eigenvalue weighted by Gasteiger charge is 2.23. The van der Waals surface area contributed by atoms with Crippen LogP contribution in [0.3, 0.4) is 0 Å². The third kappa shape index (κ3) is 11.0. The van der Waals surface area contributed by atoms with Crippen LogP contribution < -0.4 is 16.4 Å². The molecule has 15 heteroatoms. The first-order valence-electron chi connectivity index (χ1n) is 7.40. The van der Waals surface area contributed by atoms with E-state index in [4.69, 9.17) is 35.4 Å². The molecule has 1 aromatic rings. The number of amides is 2. The molecule has 1 heterocycles. The number of carboxylic acids is 4. The maximum absolute atomic E-state index is 11.5. The van der Waals surface area contributed by atoms with Crippen LogP contribution in [0, 0.1) is 0 Å². The monoisotopic (exact) mass is 405 g/mol. The normalized spacial score (nSPS) is 11.9. The smallest absolute Gasteiger partial charge is 0.326 e. The summed E-state index contributed by atoms with van der Waals surface area (Å²) in [6.45, 7) is 0.790. The summed E-state index contributed by atoms with van der Waals surface area (Å²) < 4.78 is 5.05. The third-order valence-corrected chi connectivity index (χ3v) is 2.58. The second-order valence-corrected chi connectivity index (χ2v) is 5.07. The Labute approximate surface area is 156 Å². The summed E-state index contributed by atoms with van der Waals surface area (Å²) >= 11 is 0. The maximum atomic E-state index is 11.5. The average molecular weight is 405 g/mol. The van der Waals surface area contributed by atoms with Crippen LogP contribution in [-0.2, 0) is 25.7 Å². The fourth-order valence-electron chi connectivity index (χ4n) is 1.50. The number of carbonyl (C=O) groups excluding carboxylic acids is 1. The minimum Gasteiger partial charge on any atom is -0.481 e. The molecule has 28 heavy (non-hydrogen) atoms. The van der Waals surface area contributed by atoms with Crippen LogP contribution in [0.5, 0.6) is 0 Å². The van der Waals surface area contributed by atoms with E-state index in [-0.39, 0.29) is 18.3 Å². The van der Waals surface area contributed by atoms with Crippen LogP contribution in [0.25, 0.3) is 0 Å². The van der Waals surface area contributed by atoms with Gasteiger partial charge in [-0.15, -0.1) is 10.2 Å². The molecule has 1 aromatic heterocycles. The summed E-state index contributed by atoms with van der Waals surface area (Å²) in [5, 5.41) is 44.5. The van der Waals surface area contributed by atoms with Gasteiger partial charge in [-0.1, -0.05) is 0 Å². The van der Waals surface area contributed by atoms with E-state index in [2.05, 4.69) is 15.5 Å². The van der Waals surface area contributed by atoms with Gasteiger partial charge in [0, 0.05) is 6.92 Å². The van der Waals surface area contributed by atoms with E-state index in [1.807, 2.05) is 5.32 Å². The number of carbonyl (C=O) groups is 5. The standard InChI is InChI=1S/C11H15N5O8.C2H4O2/c12-4(1-7(17)18)9-16-15-6(24-9)3-13-11(23)14-5(10(21)22)2-8(19)20;1-2(3)4/h4-5H,1-3,12H2,(H,17,18)(H,19,20)(H,21,22)(H2,13,14,23);1H3,(H,3,4). The number of hydrogen-bond donors (Lipinski definition) is 7. The lowest BCUT2D eigenvalue weighted by atomic mass is 10.2. The minimum atomic E-state index is -1.61. The number of rotatable bonds is 9. The number of nitrogens with zero attached hydrogens (tertiary/aromatic N) is 2. The van der Waals surface area contributed by atoms with Crippen LogP contribution >= 0.6 is 0 Å². The molecule has 0 aliphatic heterocycles. The van der Waals surface area contributed by atoms with Gasteiger partial charge in [-0.25, -0.2) is 9.59 Å². The van der Waals surface area contributed by atoms with Crippen molar-refractivity contribution >= 4 is 29.9 Å². The first-order valence-corrected chi connectivity index (χ1v) is 7.40. The van der Waals surface area contributed by atoms with Crippen LogP contribution in [0.4, 0.5) is 4.79 Å². The summed E-state index contributed by atoms with van der Waals surface area (Å²) in [6.07, 6.45) is -1.22. The van der Waals surface area contributed by atoms with E-state index in [9.17, 15) is 19.2 Å². The van der Waals surface area contributed by atoms with Crippen LogP contribution in [-0.4, -0.2) is 66.6 Å². The quantitative estimate of drug-likeness (QED) is 0.243. The van der Waals surface area contributed by atoms with Gasteiger partial charge in [-0.05, 0) is 0 Å². The first-order chi connectivity index (χ1) is 12.9. The van der Waals surface area contributed by atoms with Gasteiger partial charge in [0.25, 0.3) is 5.97 Å². The number of hydrogen-bond acceptors (Lipinski definition) is 9. The molecule has 0 spiro atoms. The molecule has 0 aliphatic rings. The van der Waals surface area contributed by atoms with Crippen molar-refractivity contribution in [1.82, 2.24) is 20.8 Å². The predicted molar refractivity (Wildman–Crippen MR) is 85.8 cm³/mol. The Kier molecular flexibility index (Phi) is 10.2. The third-order valence-electron chi connectivity index (χ3n) is 2.58. The highest BCUT2D eigenvalue weighted by Crippen LogP contribution is 2.12. The van der Waals surface area contributed by atoms with E-state index >= 15 is 0 Å². The van der Waals surface area contributed by atoms with E-state index < -0.39 is 54.8 Å². The number of carboxylic acid groups (broad SMARTS) is 4. The number of urea groups is 1. The summed E-state index contributed by atoms with van der Waals surface area (Å²) in [6, 6.07) is -3.58. The molecule has 0 aromatic carbocycles. The molecule has 2 unspecified atom stereocenters. The lowest BCUT2D eigenvalue weighted by molar-refractivity contribution is -0.145. The Balaban J connectivity index is 0.00000165. The molecular weight excluding hydrogens is 386 g/mol. The van der Waals surface area contributed by atoms with Gasteiger partial charge >= 0.3 is 23.9 Å². The Morgan fingerprint density at radius 1 is 1.04 bits per heavy atom. The molecule has 0 bridgehead atoms. The molecule has 15 nitrogen and oxygen atoms in total. The zero-order valence-corrected chi connectivity index (χ0v) is 14.5. The Bertz CT molecular complexity index is 714. The molecule has 156 valence electrons. The molecule has 0 radical (unpaired) electrons. The second-order valence-electron chi connectivity index (χ2n) is 5.07. The molecule has 0 fully saturated rings. The SMILES string of the molecule is CC(=O)O.NC(CC(=O)O)c1nnc(CNC(=O)NC(CC(=O)O)C(=O)O)o1. The largest absolute Gasteiger partial charge is 0.481 e. The molecule has 1 rings (SSSR count). The number of aliphatic carboxylic acids is 4. The van der Waals surface area contributed by atoms with Gasteiger partial charge in [0.1, 0.15) is 6.04 Å². The van der Waals surface area contributed by atoms with Gasteiger partial charge in [-0.2, -0.15) is 0 Å². The number of nitrogens with one attached hydrogen (secondary N) is 2. The average Bonchev–Trinajstić information content (AvgIpc) is 2.99. The van der Waals surface area contributed by atoms with Gasteiger partial charge < -0.3 is 41.2 Å². The highest BCUT2D eigenvalue weighted by molar-refractivity contribution is 5.86. The van der Waals surface area contributed by atoms with Gasteiger partial charge in [0.2, 0.25) is 11.8 Å². The van der Waals surface area contributed by atoms with Crippen LogP contribution in [0.15, 0.2) is 4.42 Å². The summed E-state index contributed by atoms with van der Waals surface area (Å²) in [4.78, 5) is 52.3. The molecule has 0 saturated carbocycles. The minimum absolute atomic E-state index is 0.0916. The molecule has 0 aliphatic carbocycles. The second kappa shape index (κ2) is 11.8. The maximum Gasteiger partial charge on any atom is 0.326 e. The van der Waals surface area contributed by atoms with Gasteiger partial charge in [-0.3, -0.25) is 14.4 Å². The fraction of sp³-hybridized carbons (Fsp3) is 0.462. The Morgan fingerprint density at radius 2 is 1.57 bits per heavy atom. The van der Waals surface area contributed by atoms with E-state index in [0.717, 1.165) is 6.92 Å². The lowest BCUT2D eigenvalue weighted by Crippen LogP contribution is -2.46. The Morgan fingerprint density at radius 3 is 2.04 bits per heavy atom. The van der Waals surface area contributed by atoms with Crippen molar-refractivity contribution in [2.45, 2.75) is 38.4 Å². The zero-order chi connectivity index (χ0) is 21.9. The molecule has 2 amide bonds. The van der Waals surface area contributed by atoms with Crippen LogP contribution in [0.2, 0.25) is 0 Å². The predicted octanol–water partition coefficient (Wildman–Crippen LogP) is -1.64. The molecular formula is C13H19N5O10. The van der Waals surface area contributed by atoms with E-state index in [1.165, 1.54) is 0 Å². The lowest BCUT2D eigenvalue weighted by Gasteiger charge is -2.12. The number of nitrogens with two attached hydrogens (primary N) is 1. The highest BCUT2D eigenvalue weighted by atomic mass is 16.4. The topological polar surface area (TPSA) is 255 Å². The summed E-state index contributed by atoms with van der Waals surface area (Å²) in [5.74, 6) is -5.11.